The number of piperazine rings is 1. The highest BCUT2D eigenvalue weighted by molar-refractivity contribution is 5.93. The van der Waals surface area contributed by atoms with E-state index in [4.69, 9.17) is 5.73 Å². The van der Waals surface area contributed by atoms with Crippen molar-refractivity contribution in [3.8, 4) is 0 Å². The maximum Gasteiger partial charge on any atom is 0.273 e. The topological polar surface area (TPSA) is 97.3 Å². The first-order valence-electron chi connectivity index (χ1n) is 7.35. The van der Waals surface area contributed by atoms with Gasteiger partial charge in [0, 0.05) is 44.5 Å². The summed E-state index contributed by atoms with van der Waals surface area (Å²) < 4.78 is 1.48. The summed E-state index contributed by atoms with van der Waals surface area (Å²) >= 11 is 0. The number of carbonyl (C=O) groups is 2. The van der Waals surface area contributed by atoms with Gasteiger partial charge in [0.1, 0.15) is 5.69 Å². The number of benzene rings is 1. The van der Waals surface area contributed by atoms with Gasteiger partial charge in [0.05, 0.1) is 6.20 Å². The summed E-state index contributed by atoms with van der Waals surface area (Å²) in [5, 5.41) is 7.53. The van der Waals surface area contributed by atoms with Crippen LogP contribution >= 0.6 is 0 Å². The van der Waals surface area contributed by atoms with Gasteiger partial charge in [0.2, 0.25) is 5.91 Å². The van der Waals surface area contributed by atoms with Crippen molar-refractivity contribution in [3.63, 3.8) is 0 Å². The van der Waals surface area contributed by atoms with Gasteiger partial charge in [0.15, 0.2) is 0 Å². The Hall–Kier alpha value is -2.90. The van der Waals surface area contributed by atoms with E-state index in [0.717, 1.165) is 18.8 Å². The molecule has 2 heterocycles. The molecule has 1 aliphatic rings. The van der Waals surface area contributed by atoms with E-state index in [9.17, 15) is 9.59 Å². The van der Waals surface area contributed by atoms with Crippen LogP contribution in [0.1, 0.15) is 20.8 Å². The minimum Gasteiger partial charge on any atom is -0.368 e. The Balaban J connectivity index is 1.63. The molecule has 1 aromatic carbocycles. The summed E-state index contributed by atoms with van der Waals surface area (Å²) in [4.78, 5) is 27.5. The molecule has 8 nitrogen and oxygen atoms in total. The first kappa shape index (κ1) is 15.0. The quantitative estimate of drug-likeness (QED) is 0.851. The molecule has 2 N–H and O–H groups in total. The van der Waals surface area contributed by atoms with Crippen LogP contribution in [0.25, 0.3) is 0 Å². The van der Waals surface area contributed by atoms with Crippen LogP contribution in [0.15, 0.2) is 30.5 Å². The molecule has 0 saturated carbocycles. The third-order valence-electron chi connectivity index (χ3n) is 4.02. The van der Waals surface area contributed by atoms with Gasteiger partial charge in [-0.25, -0.2) is 4.68 Å². The summed E-state index contributed by atoms with van der Waals surface area (Å²) in [6.45, 7) is 2.71. The molecule has 1 aliphatic heterocycles. The molecule has 0 atom stereocenters. The van der Waals surface area contributed by atoms with Crippen molar-refractivity contribution in [2.75, 3.05) is 31.1 Å². The molecule has 8 heteroatoms. The van der Waals surface area contributed by atoms with Gasteiger partial charge < -0.3 is 15.5 Å². The van der Waals surface area contributed by atoms with Gasteiger partial charge >= 0.3 is 0 Å². The van der Waals surface area contributed by atoms with Crippen molar-refractivity contribution in [1.82, 2.24) is 19.9 Å². The van der Waals surface area contributed by atoms with E-state index < -0.39 is 5.91 Å². The van der Waals surface area contributed by atoms with E-state index in [1.54, 1.807) is 24.1 Å². The molecule has 0 unspecified atom stereocenters. The standard InChI is InChI=1S/C15H18N6O2/c1-19-13(10-17-18-19)15(23)21-8-6-20(7-9-21)12-4-2-11(3-5-12)14(16)22/h2-5,10H,6-9H2,1H3,(H2,16,22). The minimum atomic E-state index is -0.434. The number of aryl methyl sites for hydroxylation is 1. The number of nitrogens with two attached hydrogens (primary N) is 1. The Kier molecular flexibility index (Phi) is 3.96. The Labute approximate surface area is 133 Å². The molecule has 0 radical (unpaired) electrons. The van der Waals surface area contributed by atoms with E-state index in [1.165, 1.54) is 10.9 Å². The normalized spacial score (nSPS) is 14.8. The molecule has 120 valence electrons. The number of carbonyl (C=O) groups excluding carboxylic acids is 2. The highest BCUT2D eigenvalue weighted by Gasteiger charge is 2.24. The van der Waals surface area contributed by atoms with Crippen LogP contribution in [0.4, 0.5) is 5.69 Å². The van der Waals surface area contributed by atoms with Crippen molar-refractivity contribution in [3.05, 3.63) is 41.7 Å². The van der Waals surface area contributed by atoms with E-state index in [0.29, 0.717) is 24.3 Å². The van der Waals surface area contributed by atoms with E-state index in [2.05, 4.69) is 15.2 Å². The summed E-state index contributed by atoms with van der Waals surface area (Å²) in [6, 6.07) is 7.19. The number of amides is 2. The summed E-state index contributed by atoms with van der Waals surface area (Å²) in [5.41, 5.74) is 7.24. The fourth-order valence-corrected chi connectivity index (χ4v) is 2.65. The molecule has 1 aromatic heterocycles. The second-order valence-corrected chi connectivity index (χ2v) is 5.43. The fraction of sp³-hybridized carbons (Fsp3) is 0.333. The predicted octanol–water partition coefficient (Wildman–Crippen LogP) is -0.124. The first-order valence-corrected chi connectivity index (χ1v) is 7.35. The molecule has 1 fully saturated rings. The van der Waals surface area contributed by atoms with Crippen LogP contribution in [0, 0.1) is 0 Å². The lowest BCUT2D eigenvalue weighted by molar-refractivity contribution is 0.0735. The SMILES string of the molecule is Cn1nncc1C(=O)N1CCN(c2ccc(C(N)=O)cc2)CC1. The fourth-order valence-electron chi connectivity index (χ4n) is 2.65. The first-order chi connectivity index (χ1) is 11.1. The number of nitrogens with zero attached hydrogens (tertiary/aromatic N) is 5. The van der Waals surface area contributed by atoms with Crippen molar-refractivity contribution in [1.29, 1.82) is 0 Å². The van der Waals surface area contributed by atoms with E-state index in [1.807, 2.05) is 12.1 Å². The third-order valence-corrected chi connectivity index (χ3v) is 4.02. The molecule has 1 saturated heterocycles. The maximum absolute atomic E-state index is 12.4. The van der Waals surface area contributed by atoms with Gasteiger partial charge in [0.25, 0.3) is 5.91 Å². The zero-order chi connectivity index (χ0) is 16.4. The van der Waals surface area contributed by atoms with Gasteiger partial charge in [-0.05, 0) is 24.3 Å². The molecule has 23 heavy (non-hydrogen) atoms. The second-order valence-electron chi connectivity index (χ2n) is 5.43. The number of primary amides is 1. The Morgan fingerprint density at radius 1 is 1.09 bits per heavy atom. The molecular weight excluding hydrogens is 296 g/mol. The molecule has 3 rings (SSSR count). The van der Waals surface area contributed by atoms with Crippen molar-refractivity contribution >= 4 is 17.5 Å². The van der Waals surface area contributed by atoms with Crippen LogP contribution < -0.4 is 10.6 Å². The summed E-state index contributed by atoms with van der Waals surface area (Å²) in [6.07, 6.45) is 1.48. The average molecular weight is 314 g/mol. The molecule has 0 spiro atoms. The van der Waals surface area contributed by atoms with Gasteiger partial charge in [-0.1, -0.05) is 5.21 Å². The number of anilines is 1. The number of hydrogen-bond acceptors (Lipinski definition) is 5. The highest BCUT2D eigenvalue weighted by Crippen LogP contribution is 2.18. The lowest BCUT2D eigenvalue weighted by Crippen LogP contribution is -2.49. The lowest BCUT2D eigenvalue weighted by atomic mass is 10.1. The van der Waals surface area contributed by atoms with Crippen LogP contribution in [0.5, 0.6) is 0 Å². The second kappa shape index (κ2) is 6.07. The number of rotatable bonds is 3. The van der Waals surface area contributed by atoms with Gasteiger partial charge in [-0.2, -0.15) is 0 Å². The number of aromatic nitrogens is 3. The zero-order valence-electron chi connectivity index (χ0n) is 12.8. The molecule has 2 aromatic rings. The summed E-state index contributed by atoms with van der Waals surface area (Å²) in [7, 11) is 1.71. The van der Waals surface area contributed by atoms with Crippen molar-refractivity contribution in [2.45, 2.75) is 0 Å². The van der Waals surface area contributed by atoms with Crippen LogP contribution in [-0.4, -0.2) is 57.9 Å². The predicted molar refractivity (Wildman–Crippen MR) is 84.1 cm³/mol. The van der Waals surface area contributed by atoms with Crippen LogP contribution in [0.3, 0.4) is 0 Å². The third kappa shape index (κ3) is 3.01. The lowest BCUT2D eigenvalue weighted by Gasteiger charge is -2.36. The zero-order valence-corrected chi connectivity index (χ0v) is 12.8. The van der Waals surface area contributed by atoms with Crippen LogP contribution in [-0.2, 0) is 7.05 Å². The minimum absolute atomic E-state index is 0.0544. The van der Waals surface area contributed by atoms with Crippen molar-refractivity contribution in [2.24, 2.45) is 12.8 Å². The monoisotopic (exact) mass is 314 g/mol. The molecule has 0 bridgehead atoms. The average Bonchev–Trinajstić information content (AvgIpc) is 3.00. The van der Waals surface area contributed by atoms with Crippen molar-refractivity contribution < 1.29 is 9.59 Å². The van der Waals surface area contributed by atoms with Gasteiger partial charge in [-0.15, -0.1) is 5.10 Å². The highest BCUT2D eigenvalue weighted by atomic mass is 16.2. The molecule has 2 amide bonds. The molecule has 0 aliphatic carbocycles. The number of hydrogen-bond donors (Lipinski definition) is 1. The smallest absolute Gasteiger partial charge is 0.273 e. The van der Waals surface area contributed by atoms with E-state index in [-0.39, 0.29) is 5.91 Å². The largest absolute Gasteiger partial charge is 0.368 e. The maximum atomic E-state index is 12.4. The Morgan fingerprint density at radius 3 is 2.26 bits per heavy atom. The molecular formula is C15H18N6O2. The van der Waals surface area contributed by atoms with E-state index >= 15 is 0 Å². The van der Waals surface area contributed by atoms with Crippen LogP contribution in [0.2, 0.25) is 0 Å². The Morgan fingerprint density at radius 2 is 1.74 bits per heavy atom. The van der Waals surface area contributed by atoms with Gasteiger partial charge in [-0.3, -0.25) is 9.59 Å². The Bertz CT molecular complexity index is 716. The summed E-state index contributed by atoms with van der Waals surface area (Å²) in [5.74, 6) is -0.488.